The van der Waals surface area contributed by atoms with Crippen LogP contribution in [0.2, 0.25) is 0 Å². The van der Waals surface area contributed by atoms with Gasteiger partial charge in [-0.3, -0.25) is 14.7 Å². The van der Waals surface area contributed by atoms with E-state index in [1.54, 1.807) is 10.5 Å². The Hall–Kier alpha value is -1.51. The molecule has 0 radical (unpaired) electrons. The largest absolute Gasteiger partial charge is 0.356 e. The van der Waals surface area contributed by atoms with Crippen molar-refractivity contribution in [2.45, 2.75) is 39.7 Å². The number of fused-ring (bicyclic) bond motifs is 1. The number of aromatic nitrogens is 1. The molecule has 29 heavy (non-hydrogen) atoms. The van der Waals surface area contributed by atoms with Gasteiger partial charge in [-0.1, -0.05) is 19.9 Å². The minimum absolute atomic E-state index is 0.115. The van der Waals surface area contributed by atoms with Crippen molar-refractivity contribution in [3.63, 3.8) is 0 Å². The third kappa shape index (κ3) is 3.70. The summed E-state index contributed by atoms with van der Waals surface area (Å²) in [5.41, 5.74) is 0.595. The molecule has 4 rings (SSSR count). The highest BCUT2D eigenvalue weighted by Gasteiger charge is 2.63. The second-order valence-electron chi connectivity index (χ2n) is 9.45. The maximum Gasteiger partial charge on any atom is 0.228 e. The topological polar surface area (TPSA) is 82.6 Å². The minimum atomic E-state index is -3.23. The van der Waals surface area contributed by atoms with Gasteiger partial charge in [0.05, 0.1) is 11.2 Å². The molecule has 3 fully saturated rings. The van der Waals surface area contributed by atoms with Gasteiger partial charge in [0, 0.05) is 57.1 Å². The zero-order valence-corrected chi connectivity index (χ0v) is 18.2. The zero-order chi connectivity index (χ0) is 20.7. The molecular formula is C21H32N4O3S. The van der Waals surface area contributed by atoms with Crippen molar-refractivity contribution in [1.82, 2.24) is 19.5 Å². The van der Waals surface area contributed by atoms with Crippen LogP contribution in [0.4, 0.5) is 0 Å². The minimum Gasteiger partial charge on any atom is -0.356 e. The molecule has 8 heteroatoms. The maximum absolute atomic E-state index is 13.0. The number of likely N-dealkylation sites (tertiary alicyclic amines) is 1. The molecule has 7 nitrogen and oxygen atoms in total. The normalized spacial score (nSPS) is 27.9. The number of rotatable bonds is 5. The lowest BCUT2D eigenvalue weighted by Crippen LogP contribution is -2.53. The zero-order valence-electron chi connectivity index (χ0n) is 17.4. The third-order valence-corrected chi connectivity index (χ3v) is 9.29. The molecule has 1 unspecified atom stereocenters. The Bertz CT molecular complexity index is 850. The van der Waals surface area contributed by atoms with Gasteiger partial charge in [0.1, 0.15) is 0 Å². The second kappa shape index (κ2) is 7.63. The second-order valence-corrected chi connectivity index (χ2v) is 11.5. The van der Waals surface area contributed by atoms with E-state index >= 15 is 0 Å². The van der Waals surface area contributed by atoms with Gasteiger partial charge in [-0.2, -0.15) is 0 Å². The molecule has 0 saturated carbocycles. The number of hydrogen-bond acceptors (Lipinski definition) is 5. The van der Waals surface area contributed by atoms with Crippen molar-refractivity contribution in [3.8, 4) is 0 Å². The first kappa shape index (κ1) is 20.8. The quantitative estimate of drug-likeness (QED) is 0.780. The van der Waals surface area contributed by atoms with Crippen molar-refractivity contribution < 1.29 is 13.2 Å². The van der Waals surface area contributed by atoms with Crippen LogP contribution in [-0.2, 0) is 21.4 Å². The van der Waals surface area contributed by atoms with Crippen molar-refractivity contribution in [3.05, 3.63) is 30.1 Å². The van der Waals surface area contributed by atoms with E-state index in [0.717, 1.165) is 51.0 Å². The first-order chi connectivity index (χ1) is 13.8. The fraction of sp³-hybridized carbons (Fsp3) is 0.714. The third-order valence-electron chi connectivity index (χ3n) is 7.05. The Labute approximate surface area is 173 Å². The van der Waals surface area contributed by atoms with Gasteiger partial charge in [0.15, 0.2) is 0 Å². The van der Waals surface area contributed by atoms with Gasteiger partial charge in [-0.05, 0) is 36.8 Å². The van der Waals surface area contributed by atoms with Crippen LogP contribution >= 0.6 is 0 Å². The predicted molar refractivity (Wildman–Crippen MR) is 111 cm³/mol. The summed E-state index contributed by atoms with van der Waals surface area (Å²) in [4.78, 5) is 19.6. The molecule has 0 bridgehead atoms. The first-order valence-corrected chi connectivity index (χ1v) is 12.2. The highest BCUT2D eigenvalue weighted by molar-refractivity contribution is 7.89. The van der Waals surface area contributed by atoms with E-state index in [4.69, 9.17) is 0 Å². The summed E-state index contributed by atoms with van der Waals surface area (Å²) >= 11 is 0. The molecule has 3 aliphatic heterocycles. The van der Waals surface area contributed by atoms with Crippen LogP contribution in [0.3, 0.4) is 0 Å². The number of piperidine rings is 1. The van der Waals surface area contributed by atoms with Gasteiger partial charge >= 0.3 is 0 Å². The summed E-state index contributed by atoms with van der Waals surface area (Å²) < 4.78 is 27.1. The lowest BCUT2D eigenvalue weighted by molar-refractivity contribution is -0.133. The van der Waals surface area contributed by atoms with Gasteiger partial charge < -0.3 is 5.32 Å². The Morgan fingerprint density at radius 1 is 1.21 bits per heavy atom. The van der Waals surface area contributed by atoms with Crippen LogP contribution in [-0.4, -0.2) is 67.0 Å². The number of sulfonamides is 1. The molecule has 3 saturated heterocycles. The highest BCUT2D eigenvalue weighted by atomic mass is 32.2. The predicted octanol–water partition coefficient (Wildman–Crippen LogP) is 1.47. The van der Waals surface area contributed by atoms with Gasteiger partial charge in [0.25, 0.3) is 0 Å². The molecule has 1 N–H and O–H groups in total. The fourth-order valence-corrected chi connectivity index (χ4v) is 7.52. The molecule has 0 aromatic carbocycles. The summed E-state index contributed by atoms with van der Waals surface area (Å²) in [5.74, 6) is 0.465. The average Bonchev–Trinajstić information content (AvgIpc) is 3.17. The van der Waals surface area contributed by atoms with Gasteiger partial charge in [-0.25, -0.2) is 12.7 Å². The van der Waals surface area contributed by atoms with Crippen molar-refractivity contribution in [2.24, 2.45) is 16.7 Å². The Balaban J connectivity index is 1.54. The maximum atomic E-state index is 13.0. The van der Waals surface area contributed by atoms with Crippen molar-refractivity contribution >= 4 is 15.9 Å². The first-order valence-electron chi connectivity index (χ1n) is 10.6. The number of carbonyl (C=O) groups excluding carboxylic acids is 1. The highest BCUT2D eigenvalue weighted by Crippen LogP contribution is 2.56. The molecule has 1 atom stereocenters. The number of carbonyl (C=O) groups is 1. The van der Waals surface area contributed by atoms with Crippen molar-refractivity contribution in [1.29, 1.82) is 0 Å². The standard InChI is InChI=1S/C21H32N4O3S/c1-17(2)14-29(27,28)25-10-6-20(7-11-25)15-24(13-18-4-3-8-22-12-18)16-21(20)5-9-23-19(21)26/h3-4,8,12,17H,5-7,9-11,13-16H2,1-2H3,(H,23,26). The molecule has 1 aromatic rings. The molecule has 4 heterocycles. The Morgan fingerprint density at radius 2 is 1.97 bits per heavy atom. The molecule has 3 aliphatic rings. The average molecular weight is 421 g/mol. The van der Waals surface area contributed by atoms with Gasteiger partial charge in [0.2, 0.25) is 15.9 Å². The molecule has 1 aromatic heterocycles. The Kier molecular flexibility index (Phi) is 5.46. The van der Waals surface area contributed by atoms with Crippen LogP contribution in [0, 0.1) is 16.7 Å². The van der Waals surface area contributed by atoms with Crippen LogP contribution in [0.15, 0.2) is 24.5 Å². The summed E-state index contributed by atoms with van der Waals surface area (Å²) in [7, 11) is -3.23. The monoisotopic (exact) mass is 420 g/mol. The van der Waals surface area contributed by atoms with Crippen LogP contribution in [0.1, 0.15) is 38.7 Å². The van der Waals surface area contributed by atoms with E-state index in [1.807, 2.05) is 26.1 Å². The molecule has 160 valence electrons. The molecular weight excluding hydrogens is 388 g/mol. The lowest BCUT2D eigenvalue weighted by Gasteiger charge is -2.46. The summed E-state index contributed by atoms with van der Waals surface area (Å²) in [6.07, 6.45) is 6.00. The fourth-order valence-electron chi connectivity index (χ4n) is 5.73. The number of nitrogens with zero attached hydrogens (tertiary/aromatic N) is 3. The number of hydrogen-bond donors (Lipinski definition) is 1. The number of nitrogens with one attached hydrogen (secondary N) is 1. The molecule has 2 spiro atoms. The summed E-state index contributed by atoms with van der Waals surface area (Å²) in [5, 5.41) is 3.07. The van der Waals surface area contributed by atoms with Gasteiger partial charge in [-0.15, -0.1) is 0 Å². The molecule has 1 amide bonds. The van der Waals surface area contributed by atoms with Crippen LogP contribution in [0.25, 0.3) is 0 Å². The summed E-state index contributed by atoms with van der Waals surface area (Å²) in [6, 6.07) is 4.01. The van der Waals surface area contributed by atoms with Crippen LogP contribution < -0.4 is 5.32 Å². The van der Waals surface area contributed by atoms with E-state index in [0.29, 0.717) is 13.1 Å². The smallest absolute Gasteiger partial charge is 0.228 e. The van der Waals surface area contributed by atoms with E-state index < -0.39 is 15.4 Å². The molecule has 0 aliphatic carbocycles. The van der Waals surface area contributed by atoms with E-state index in [1.165, 1.54) is 0 Å². The number of amides is 1. The van der Waals surface area contributed by atoms with Crippen LogP contribution in [0.5, 0.6) is 0 Å². The van der Waals surface area contributed by atoms with Crippen molar-refractivity contribution in [2.75, 3.05) is 38.5 Å². The lowest BCUT2D eigenvalue weighted by atomic mass is 9.60. The SMILES string of the molecule is CC(C)CS(=O)(=O)N1CCC2(CC1)CN(Cc1cccnc1)CC21CCNC1=O. The van der Waals surface area contributed by atoms with E-state index in [-0.39, 0.29) is 23.0 Å². The Morgan fingerprint density at radius 3 is 2.55 bits per heavy atom. The number of pyridine rings is 1. The summed E-state index contributed by atoms with van der Waals surface area (Å²) in [6.45, 7) is 7.99. The van der Waals surface area contributed by atoms with E-state index in [2.05, 4.69) is 21.3 Å². The van der Waals surface area contributed by atoms with E-state index in [9.17, 15) is 13.2 Å².